The summed E-state index contributed by atoms with van der Waals surface area (Å²) in [6.45, 7) is 5.36. The minimum absolute atomic E-state index is 0.187. The van der Waals surface area contributed by atoms with Crippen molar-refractivity contribution in [1.29, 1.82) is 0 Å². The summed E-state index contributed by atoms with van der Waals surface area (Å²) in [5.41, 5.74) is 0.770. The monoisotopic (exact) mass is 224 g/mol. The fraction of sp³-hybridized carbons (Fsp3) is 0.615. The first-order valence-corrected chi connectivity index (χ1v) is 6.09. The maximum atomic E-state index is 13.3. The molecule has 1 aromatic rings. The third-order valence-electron chi connectivity index (χ3n) is 2.79. The van der Waals surface area contributed by atoms with Gasteiger partial charge in [-0.2, -0.15) is 0 Å². The maximum absolute atomic E-state index is 13.3. The Bertz CT molecular complexity index is 302. The van der Waals surface area contributed by atoms with Gasteiger partial charge in [-0.05, 0) is 43.9 Å². The molecule has 0 saturated heterocycles. The van der Waals surface area contributed by atoms with Gasteiger partial charge in [-0.15, -0.1) is 0 Å². The lowest BCUT2D eigenvalue weighted by atomic mass is 10.0. The van der Waals surface area contributed by atoms with Crippen molar-refractivity contribution in [3.05, 3.63) is 29.8 Å². The first-order chi connectivity index (χ1) is 7.77. The molecule has 0 amide bonds. The molecule has 16 heavy (non-hydrogen) atoms. The number of nitrogens with one attached hydrogen (secondary N) is 1. The Labute approximate surface area is 97.3 Å². The number of hydrogen-bond donors (Lipinski definition) is 1. The highest BCUT2D eigenvalue weighted by Gasteiger charge is 2.07. The van der Waals surface area contributed by atoms with E-state index in [-0.39, 0.29) is 5.82 Å². The molecule has 0 aliphatic heterocycles. The summed E-state index contributed by atoms with van der Waals surface area (Å²) in [7, 11) is 0. The van der Waals surface area contributed by atoms with Gasteiger partial charge >= 0.3 is 0 Å². The highest BCUT2D eigenvalue weighted by atomic mass is 19.1. The van der Waals surface area contributed by atoms with E-state index in [2.05, 4.69) is 24.1 Å². The lowest BCUT2D eigenvalue weighted by Gasteiger charge is -2.16. The van der Waals surface area contributed by atoms with E-state index >= 15 is 0 Å². The predicted octanol–water partition coefficient (Wildman–Crippen LogP) is 2.93. The van der Waals surface area contributed by atoms with Gasteiger partial charge < -0.3 is 5.32 Å². The maximum Gasteiger partial charge on any atom is 0.144 e. The summed E-state index contributed by atoms with van der Waals surface area (Å²) in [4.78, 5) is 3.75. The second-order valence-corrected chi connectivity index (χ2v) is 4.07. The third kappa shape index (κ3) is 4.27. The number of hydrogen-bond acceptors (Lipinski definition) is 2. The van der Waals surface area contributed by atoms with Crippen LogP contribution >= 0.6 is 0 Å². The Kier molecular flexibility index (Phi) is 6.01. The van der Waals surface area contributed by atoms with E-state index in [0.717, 1.165) is 37.8 Å². The van der Waals surface area contributed by atoms with Crippen molar-refractivity contribution in [2.45, 2.75) is 45.6 Å². The number of halogens is 1. The van der Waals surface area contributed by atoms with Crippen molar-refractivity contribution in [2.24, 2.45) is 0 Å². The lowest BCUT2D eigenvalue weighted by molar-refractivity contribution is 0.463. The molecule has 0 aromatic carbocycles. The average Bonchev–Trinajstić information content (AvgIpc) is 2.31. The van der Waals surface area contributed by atoms with Gasteiger partial charge in [0.25, 0.3) is 0 Å². The molecule has 0 saturated carbocycles. The molecule has 90 valence electrons. The number of nitrogens with zero attached hydrogens (tertiary/aromatic N) is 1. The zero-order valence-electron chi connectivity index (χ0n) is 10.2. The van der Waals surface area contributed by atoms with Crippen LogP contribution in [-0.4, -0.2) is 17.6 Å². The van der Waals surface area contributed by atoms with E-state index in [9.17, 15) is 4.39 Å². The van der Waals surface area contributed by atoms with Gasteiger partial charge in [0, 0.05) is 12.2 Å². The molecule has 1 N–H and O–H groups in total. The molecule has 0 spiro atoms. The van der Waals surface area contributed by atoms with Gasteiger partial charge in [0.15, 0.2) is 0 Å². The summed E-state index contributed by atoms with van der Waals surface area (Å²) >= 11 is 0. The topological polar surface area (TPSA) is 24.9 Å². The number of rotatable bonds is 7. The molecule has 1 rings (SSSR count). The Morgan fingerprint density at radius 1 is 1.44 bits per heavy atom. The Hall–Kier alpha value is -0.960. The van der Waals surface area contributed by atoms with Gasteiger partial charge in [-0.1, -0.05) is 13.8 Å². The molecule has 1 heterocycles. The summed E-state index contributed by atoms with van der Waals surface area (Å²) < 4.78 is 13.3. The number of aryl methyl sites for hydroxylation is 1. The summed E-state index contributed by atoms with van der Waals surface area (Å²) in [6, 6.07) is 2.26. The van der Waals surface area contributed by atoms with Crippen LogP contribution < -0.4 is 5.32 Å². The predicted molar refractivity (Wildman–Crippen MR) is 64.9 cm³/mol. The molecule has 0 bridgehead atoms. The fourth-order valence-corrected chi connectivity index (χ4v) is 1.74. The molecular formula is C13H21FN2. The second kappa shape index (κ2) is 7.34. The fourth-order valence-electron chi connectivity index (χ4n) is 1.74. The summed E-state index contributed by atoms with van der Waals surface area (Å²) in [5.74, 6) is -0.187. The van der Waals surface area contributed by atoms with Crippen LogP contribution in [0.25, 0.3) is 0 Å². The zero-order chi connectivity index (χ0) is 11.8. The number of aromatic nitrogens is 1. The Balaban J connectivity index is 2.40. The highest BCUT2D eigenvalue weighted by Crippen LogP contribution is 2.10. The molecule has 1 atom stereocenters. The standard InChI is InChI=1S/C13H21FN2/c1-3-8-16-12(4-2)6-5-11-7-9-15-10-13(11)14/h7,9-10,12,16H,3-6,8H2,1-2H3. The highest BCUT2D eigenvalue weighted by molar-refractivity contribution is 5.12. The number of pyridine rings is 1. The van der Waals surface area contributed by atoms with Gasteiger partial charge in [-0.3, -0.25) is 4.98 Å². The van der Waals surface area contributed by atoms with Crippen LogP contribution in [0.4, 0.5) is 4.39 Å². The van der Waals surface area contributed by atoms with Crippen LogP contribution in [-0.2, 0) is 6.42 Å². The van der Waals surface area contributed by atoms with E-state index < -0.39 is 0 Å². The van der Waals surface area contributed by atoms with Gasteiger partial charge in [0.1, 0.15) is 5.82 Å². The van der Waals surface area contributed by atoms with Crippen molar-refractivity contribution in [3.63, 3.8) is 0 Å². The normalized spacial score (nSPS) is 12.7. The summed E-state index contributed by atoms with van der Waals surface area (Å²) in [6.07, 6.45) is 6.93. The van der Waals surface area contributed by atoms with Crippen molar-refractivity contribution in [2.75, 3.05) is 6.54 Å². The van der Waals surface area contributed by atoms with Crippen LogP contribution in [0.5, 0.6) is 0 Å². The van der Waals surface area contributed by atoms with E-state index in [0.29, 0.717) is 6.04 Å². The molecule has 0 radical (unpaired) electrons. The second-order valence-electron chi connectivity index (χ2n) is 4.07. The van der Waals surface area contributed by atoms with Crippen molar-refractivity contribution in [3.8, 4) is 0 Å². The quantitative estimate of drug-likeness (QED) is 0.770. The first-order valence-electron chi connectivity index (χ1n) is 6.09. The molecule has 0 aliphatic rings. The van der Waals surface area contributed by atoms with E-state index in [1.807, 2.05) is 0 Å². The third-order valence-corrected chi connectivity index (χ3v) is 2.79. The molecule has 0 aliphatic carbocycles. The van der Waals surface area contributed by atoms with Crippen molar-refractivity contribution in [1.82, 2.24) is 10.3 Å². The molecule has 1 aromatic heterocycles. The van der Waals surface area contributed by atoms with Gasteiger partial charge in [0.2, 0.25) is 0 Å². The van der Waals surface area contributed by atoms with Crippen LogP contribution in [0, 0.1) is 5.82 Å². The molecular weight excluding hydrogens is 203 g/mol. The van der Waals surface area contributed by atoms with E-state index in [1.165, 1.54) is 6.20 Å². The minimum Gasteiger partial charge on any atom is -0.314 e. The van der Waals surface area contributed by atoms with Crippen LogP contribution in [0.2, 0.25) is 0 Å². The molecule has 2 nitrogen and oxygen atoms in total. The van der Waals surface area contributed by atoms with Crippen molar-refractivity contribution < 1.29 is 4.39 Å². The first kappa shape index (κ1) is 13.1. The van der Waals surface area contributed by atoms with Crippen LogP contribution in [0.3, 0.4) is 0 Å². The minimum atomic E-state index is -0.187. The Morgan fingerprint density at radius 2 is 2.25 bits per heavy atom. The SMILES string of the molecule is CCCNC(CC)CCc1ccncc1F. The summed E-state index contributed by atoms with van der Waals surface area (Å²) in [5, 5.41) is 3.47. The lowest BCUT2D eigenvalue weighted by Crippen LogP contribution is -2.29. The van der Waals surface area contributed by atoms with Crippen LogP contribution in [0.1, 0.15) is 38.7 Å². The van der Waals surface area contributed by atoms with Gasteiger partial charge in [-0.25, -0.2) is 4.39 Å². The van der Waals surface area contributed by atoms with Gasteiger partial charge in [0.05, 0.1) is 6.20 Å². The van der Waals surface area contributed by atoms with Crippen LogP contribution in [0.15, 0.2) is 18.5 Å². The van der Waals surface area contributed by atoms with E-state index in [4.69, 9.17) is 0 Å². The molecule has 3 heteroatoms. The molecule has 1 unspecified atom stereocenters. The van der Waals surface area contributed by atoms with E-state index in [1.54, 1.807) is 12.3 Å². The average molecular weight is 224 g/mol. The largest absolute Gasteiger partial charge is 0.314 e. The Morgan fingerprint density at radius 3 is 2.88 bits per heavy atom. The smallest absolute Gasteiger partial charge is 0.144 e. The molecule has 0 fully saturated rings. The van der Waals surface area contributed by atoms with Crippen molar-refractivity contribution >= 4 is 0 Å². The zero-order valence-corrected chi connectivity index (χ0v) is 10.2.